The molecule has 0 aliphatic heterocycles. The first-order valence-corrected chi connectivity index (χ1v) is 21.5. The minimum absolute atomic E-state index is 0. The molecule has 0 aromatic heterocycles. The van der Waals surface area contributed by atoms with Crippen LogP contribution in [0.1, 0.15) is 131 Å². The zero-order valence-electron chi connectivity index (χ0n) is 36.8. The summed E-state index contributed by atoms with van der Waals surface area (Å²) in [7, 11) is 0. The summed E-state index contributed by atoms with van der Waals surface area (Å²) in [6, 6.07) is 17.4. The summed E-state index contributed by atoms with van der Waals surface area (Å²) in [5.41, 5.74) is 3.49. The van der Waals surface area contributed by atoms with Gasteiger partial charge < -0.3 is 20.4 Å². The van der Waals surface area contributed by atoms with Crippen LogP contribution in [0.3, 0.4) is 0 Å². The van der Waals surface area contributed by atoms with E-state index in [0.717, 1.165) is 66.9 Å². The van der Waals surface area contributed by atoms with Crippen molar-refractivity contribution in [3.05, 3.63) is 108 Å². The van der Waals surface area contributed by atoms with Crippen LogP contribution < -0.4 is 20.4 Å². The van der Waals surface area contributed by atoms with Crippen LogP contribution in [0.25, 0.3) is 11.5 Å². The monoisotopic (exact) mass is 826 g/mol. The van der Waals surface area contributed by atoms with Crippen molar-refractivity contribution in [3.63, 3.8) is 0 Å². The second-order valence-electron chi connectivity index (χ2n) is 17.7. The molecule has 3 unspecified atom stereocenters. The van der Waals surface area contributed by atoms with Gasteiger partial charge in [0, 0.05) is 21.7 Å². The molecule has 2 aromatic rings. The largest absolute Gasteiger partial charge is 0.872 e. The Kier molecular flexibility index (Phi) is 21.4. The molecule has 0 amide bonds. The normalized spacial score (nSPS) is 28.6. The maximum Gasteiger partial charge on any atom is 0.152 e. The molecule has 6 nitrogen and oxygen atoms in total. The van der Waals surface area contributed by atoms with Gasteiger partial charge in [0.2, 0.25) is 0 Å². The predicted molar refractivity (Wildman–Crippen MR) is 227 cm³/mol. The Labute approximate surface area is 365 Å². The van der Waals surface area contributed by atoms with Crippen LogP contribution in [-0.2, 0) is 31.3 Å². The van der Waals surface area contributed by atoms with Gasteiger partial charge in [0.05, 0.1) is 0 Å². The van der Waals surface area contributed by atoms with Crippen LogP contribution >= 0.6 is 0 Å². The number of benzene rings is 2. The standard InChI is InChI=1S/C29H47O.2C10H10O2.C2H5O.Ti/c1-7-21(19(2)3)9-8-20(4)25-12-13-26-24-11-10-22-18-23(30)14-16-28(22,5)27(24)15-17-29(25,26)6;2*1-8(11)7-10(12)9-5-3-2-4-6-9;1-2-3;/h8-10,19-21,23-27H,7,11-18H2,1-6H3;2*2-7,12H,1H3;2H2,1H3;/q-1;;;-1;/p-2/b;2*10-7-;;/t20?,21-,23+,24+,25-,26?,27?,28+,29-;;;;/m1..../s1. The molecule has 9 atom stereocenters. The van der Waals surface area contributed by atoms with Gasteiger partial charge in [-0.1, -0.05) is 151 Å². The maximum absolute atomic E-state index is 12.2. The van der Waals surface area contributed by atoms with E-state index in [4.69, 9.17) is 5.11 Å². The number of hydrogen-bond acceptors (Lipinski definition) is 6. The molecular formula is C51H70O6Ti-4. The molecule has 0 radical (unpaired) electrons. The van der Waals surface area contributed by atoms with Crippen molar-refractivity contribution in [2.45, 2.75) is 126 Å². The van der Waals surface area contributed by atoms with Crippen LogP contribution in [0, 0.1) is 52.3 Å². The van der Waals surface area contributed by atoms with E-state index in [1.54, 1.807) is 61.0 Å². The van der Waals surface area contributed by atoms with Gasteiger partial charge in [0.1, 0.15) is 0 Å². The van der Waals surface area contributed by atoms with E-state index in [9.17, 15) is 24.9 Å². The fourth-order valence-electron chi connectivity index (χ4n) is 10.6. The topological polar surface area (TPSA) is 126 Å². The van der Waals surface area contributed by atoms with Crippen molar-refractivity contribution in [1.29, 1.82) is 0 Å². The van der Waals surface area contributed by atoms with E-state index in [1.807, 2.05) is 12.1 Å². The maximum atomic E-state index is 12.2. The van der Waals surface area contributed by atoms with E-state index in [1.165, 1.54) is 52.4 Å². The predicted octanol–water partition coefficient (Wildman–Crippen LogP) is 8.49. The third-order valence-electron chi connectivity index (χ3n) is 13.5. The van der Waals surface area contributed by atoms with Gasteiger partial charge in [0.25, 0.3) is 0 Å². The van der Waals surface area contributed by atoms with Gasteiger partial charge in [-0.25, -0.2) is 0 Å². The minimum atomic E-state index is -0.337. The van der Waals surface area contributed by atoms with Gasteiger partial charge in [0.15, 0.2) is 11.6 Å². The van der Waals surface area contributed by atoms with Crippen molar-refractivity contribution < 1.29 is 51.7 Å². The van der Waals surface area contributed by atoms with E-state index in [-0.39, 0.29) is 57.5 Å². The first-order chi connectivity index (χ1) is 27.0. The van der Waals surface area contributed by atoms with Crippen LogP contribution in [0.4, 0.5) is 0 Å². The van der Waals surface area contributed by atoms with Crippen LogP contribution in [0.5, 0.6) is 0 Å². The molecule has 318 valence electrons. The molecule has 3 fully saturated rings. The smallest absolute Gasteiger partial charge is 0.152 e. The van der Waals surface area contributed by atoms with Crippen LogP contribution in [0.15, 0.2) is 96.6 Å². The zero-order chi connectivity index (χ0) is 42.3. The second kappa shape index (κ2) is 24.3. The Morgan fingerprint density at radius 2 is 1.29 bits per heavy atom. The average Bonchev–Trinajstić information content (AvgIpc) is 3.53. The molecular weight excluding hydrogens is 756 g/mol. The van der Waals surface area contributed by atoms with Crippen LogP contribution in [0.2, 0.25) is 0 Å². The van der Waals surface area contributed by atoms with Gasteiger partial charge in [-0.15, -0.1) is 12.7 Å². The summed E-state index contributed by atoms with van der Waals surface area (Å²) in [5.74, 6) is 4.70. The fraction of sp³-hybridized carbons (Fsp3) is 0.569. The number of ketones is 2. The van der Waals surface area contributed by atoms with E-state index in [2.05, 4.69) is 59.8 Å². The molecule has 0 heterocycles. The van der Waals surface area contributed by atoms with E-state index in [0.29, 0.717) is 27.9 Å². The average molecular weight is 827 g/mol. The molecule has 0 spiro atoms. The molecule has 3 saturated carbocycles. The Balaban J connectivity index is 0.000000342. The Hall–Kier alpha value is -3.03. The van der Waals surface area contributed by atoms with Crippen LogP contribution in [-0.4, -0.2) is 24.3 Å². The third kappa shape index (κ3) is 13.8. The summed E-state index contributed by atoms with van der Waals surface area (Å²) in [6.07, 6.45) is 20.6. The van der Waals surface area contributed by atoms with E-state index >= 15 is 0 Å². The molecule has 0 saturated heterocycles. The summed E-state index contributed by atoms with van der Waals surface area (Å²) in [6.45, 7) is 19.0. The first-order valence-electron chi connectivity index (χ1n) is 21.5. The Bertz CT molecular complexity index is 1610. The minimum Gasteiger partial charge on any atom is -0.872 e. The number of carbonyl (C=O) groups is 2. The molecule has 4 aliphatic rings. The van der Waals surface area contributed by atoms with E-state index < -0.39 is 0 Å². The molecule has 6 rings (SSSR count). The third-order valence-corrected chi connectivity index (χ3v) is 13.5. The Morgan fingerprint density at radius 1 is 0.776 bits per heavy atom. The number of hydrogen-bond donors (Lipinski definition) is 0. The van der Waals surface area contributed by atoms with Gasteiger partial charge in [-0.05, 0) is 141 Å². The molecule has 0 bridgehead atoms. The quantitative estimate of drug-likeness (QED) is 0.108. The molecule has 7 heteroatoms. The van der Waals surface area contributed by atoms with Gasteiger partial charge in [-0.2, -0.15) is 0 Å². The van der Waals surface area contributed by atoms with Crippen molar-refractivity contribution in [2.24, 2.45) is 52.3 Å². The van der Waals surface area contributed by atoms with Crippen molar-refractivity contribution >= 4 is 23.1 Å². The molecule has 4 aliphatic carbocycles. The summed E-state index contributed by atoms with van der Waals surface area (Å²) in [4.78, 5) is 21.1. The van der Waals surface area contributed by atoms with Crippen molar-refractivity contribution in [2.75, 3.05) is 6.61 Å². The Morgan fingerprint density at radius 3 is 1.76 bits per heavy atom. The number of allylic oxidation sites excluding steroid dienone is 5. The van der Waals surface area contributed by atoms with Gasteiger partial charge in [-0.3, -0.25) is 9.59 Å². The summed E-state index contributed by atoms with van der Waals surface area (Å²) >= 11 is 0. The first kappa shape index (κ1) is 51.1. The van der Waals surface area contributed by atoms with Crippen molar-refractivity contribution in [1.82, 2.24) is 0 Å². The molecule has 2 aromatic carbocycles. The molecule has 0 N–H and O–H groups in total. The fourth-order valence-corrected chi connectivity index (χ4v) is 10.6. The summed E-state index contributed by atoms with van der Waals surface area (Å²) < 4.78 is 0. The number of fused-ring (bicyclic) bond motifs is 5. The zero-order valence-corrected chi connectivity index (χ0v) is 38.4. The number of rotatable bonds is 9. The van der Waals surface area contributed by atoms with Gasteiger partial charge >= 0.3 is 0 Å². The summed E-state index contributed by atoms with van der Waals surface area (Å²) in [5, 5.41) is 43.5. The van der Waals surface area contributed by atoms with Crippen molar-refractivity contribution in [3.8, 4) is 0 Å². The second-order valence-corrected chi connectivity index (χ2v) is 17.7. The number of carbonyl (C=O) groups excluding carboxylic acids is 2. The molecule has 58 heavy (non-hydrogen) atoms. The SMILES string of the molecule is CC(=O)/C=C(\[O-])c1ccccc1.CC(=O)/C=C(\[O-])c1ccccc1.CC[C@H](C=CC(C)[C@H]1CCC2[C@@H]3CC=C4C[C@@H]([O-])CC[C@]4(C)C3CC[C@@]21C)C(C)C.CC[O-].[Ti].